The number of benzene rings is 8. The first-order chi connectivity index (χ1) is 32.2. The molecule has 0 fully saturated rings. The molecule has 1 aliphatic carbocycles. The van der Waals surface area contributed by atoms with Crippen molar-refractivity contribution in [2.45, 2.75) is 12.8 Å². The number of hydrogen-bond acceptors (Lipinski definition) is 7. The Balaban J connectivity index is 1.20. The van der Waals surface area contributed by atoms with Gasteiger partial charge in [0.15, 0.2) is 0 Å². The number of anilines is 14. The van der Waals surface area contributed by atoms with Crippen molar-refractivity contribution in [3.05, 3.63) is 255 Å². The highest BCUT2D eigenvalue weighted by Crippen LogP contribution is 2.46. The Kier molecular flexibility index (Phi) is 10.6. The minimum Gasteiger partial charge on any atom is -0.310 e. The molecular formula is C58H45N7. The monoisotopic (exact) mass is 839 g/mol. The zero-order valence-electron chi connectivity index (χ0n) is 35.7. The minimum atomic E-state index is 0.740. The van der Waals surface area contributed by atoms with Crippen LogP contribution >= 0.6 is 0 Å². The van der Waals surface area contributed by atoms with Crippen LogP contribution in [0.2, 0.25) is 0 Å². The Labute approximate surface area is 380 Å². The minimum absolute atomic E-state index is 0.740. The van der Waals surface area contributed by atoms with Crippen molar-refractivity contribution in [3.63, 3.8) is 0 Å². The third-order valence-corrected chi connectivity index (χ3v) is 11.8. The predicted molar refractivity (Wildman–Crippen MR) is 269 cm³/mol. The molecule has 1 aromatic heterocycles. The van der Waals surface area contributed by atoms with E-state index in [0.29, 0.717) is 0 Å². The van der Waals surface area contributed by atoms with Gasteiger partial charge in [0.2, 0.25) is 0 Å². The van der Waals surface area contributed by atoms with Crippen LogP contribution in [-0.2, 0) is 0 Å². The van der Waals surface area contributed by atoms with E-state index in [4.69, 9.17) is 9.97 Å². The fraction of sp³-hybridized carbons (Fsp3) is 0.0345. The fourth-order valence-electron chi connectivity index (χ4n) is 8.91. The molecule has 2 heterocycles. The summed E-state index contributed by atoms with van der Waals surface area (Å²) in [6.07, 6.45) is 10.4. The summed E-state index contributed by atoms with van der Waals surface area (Å²) in [4.78, 5) is 21.5. The van der Waals surface area contributed by atoms with Crippen LogP contribution in [0.5, 0.6) is 0 Å². The van der Waals surface area contributed by atoms with E-state index in [2.05, 4.69) is 261 Å². The molecule has 312 valence electrons. The standard InChI is InChI=1S/C58H45N7/c1-6-20-44(21-7-1)61-49-30-16-32-51(38-49)62(45-22-8-2-9-23-45)53-34-18-36-55(40-53)64(47-26-12-4-13-27-47)57-42-58(60-43-59-57)65(48-28-14-5-15-29-48)56-37-19-35-54(41-56)63(46-24-10-3-11-25-46)52-33-17-31-50(61)39-52/h1-4,6-14,16-43H,5,15H2. The van der Waals surface area contributed by atoms with Crippen LogP contribution in [0.15, 0.2) is 255 Å². The summed E-state index contributed by atoms with van der Waals surface area (Å²) in [7, 11) is 0. The van der Waals surface area contributed by atoms with Gasteiger partial charge in [-0.15, -0.1) is 0 Å². The Hall–Kier alpha value is -8.68. The molecule has 0 amide bonds. The van der Waals surface area contributed by atoms with E-state index < -0.39 is 0 Å². The first-order valence-corrected chi connectivity index (χ1v) is 22.1. The molecular weight excluding hydrogens is 795 g/mol. The molecule has 7 nitrogen and oxygen atoms in total. The second kappa shape index (κ2) is 17.6. The quantitative estimate of drug-likeness (QED) is 0.171. The number of allylic oxidation sites excluding steroid dienone is 3. The maximum Gasteiger partial charge on any atom is 0.143 e. The molecule has 10 bridgehead atoms. The van der Waals surface area contributed by atoms with Gasteiger partial charge in [0, 0.05) is 80.0 Å². The molecule has 65 heavy (non-hydrogen) atoms. The van der Waals surface area contributed by atoms with Crippen LogP contribution in [0.4, 0.5) is 79.9 Å². The van der Waals surface area contributed by atoms with Crippen LogP contribution in [-0.4, -0.2) is 9.97 Å². The van der Waals surface area contributed by atoms with E-state index in [1.807, 2.05) is 6.07 Å². The van der Waals surface area contributed by atoms with Crippen molar-refractivity contribution < 1.29 is 0 Å². The number of rotatable bonds is 5. The predicted octanol–water partition coefficient (Wildman–Crippen LogP) is 16.0. The Morgan fingerprint density at radius 2 is 0.585 bits per heavy atom. The van der Waals surface area contributed by atoms with Gasteiger partial charge < -0.3 is 14.7 Å². The lowest BCUT2D eigenvalue weighted by Gasteiger charge is -2.32. The van der Waals surface area contributed by atoms with Crippen molar-refractivity contribution in [1.29, 1.82) is 0 Å². The van der Waals surface area contributed by atoms with E-state index in [0.717, 1.165) is 98.4 Å². The smallest absolute Gasteiger partial charge is 0.143 e. The first kappa shape index (κ1) is 39.2. The molecule has 2 aliphatic rings. The van der Waals surface area contributed by atoms with E-state index in [-0.39, 0.29) is 0 Å². The zero-order valence-corrected chi connectivity index (χ0v) is 35.7. The molecule has 9 aromatic rings. The van der Waals surface area contributed by atoms with Crippen LogP contribution in [0.1, 0.15) is 12.8 Å². The number of fused-ring (bicyclic) bond motifs is 10. The largest absolute Gasteiger partial charge is 0.310 e. The number of para-hydroxylation sites is 4. The lowest BCUT2D eigenvalue weighted by Crippen LogP contribution is -2.20. The lowest BCUT2D eigenvalue weighted by molar-refractivity contribution is 0.983. The van der Waals surface area contributed by atoms with Crippen molar-refractivity contribution >= 4 is 79.9 Å². The van der Waals surface area contributed by atoms with E-state index in [9.17, 15) is 0 Å². The molecule has 1 aliphatic heterocycles. The first-order valence-electron chi connectivity index (χ1n) is 22.1. The van der Waals surface area contributed by atoms with Crippen molar-refractivity contribution in [2.75, 3.05) is 24.5 Å². The number of aromatic nitrogens is 2. The normalized spacial score (nSPS) is 13.6. The third kappa shape index (κ3) is 7.88. The highest BCUT2D eigenvalue weighted by Gasteiger charge is 2.24. The zero-order chi connectivity index (χ0) is 43.4. The van der Waals surface area contributed by atoms with Crippen LogP contribution in [0.3, 0.4) is 0 Å². The summed E-state index contributed by atoms with van der Waals surface area (Å²) in [5, 5.41) is 0. The van der Waals surface area contributed by atoms with Gasteiger partial charge in [-0.3, -0.25) is 9.80 Å². The third-order valence-electron chi connectivity index (χ3n) is 11.8. The van der Waals surface area contributed by atoms with Gasteiger partial charge in [-0.05, 0) is 140 Å². The Morgan fingerprint density at radius 1 is 0.277 bits per heavy atom. The summed E-state index contributed by atoms with van der Waals surface area (Å²) in [6, 6.07) is 79.5. The molecule has 11 rings (SSSR count). The lowest BCUT2D eigenvalue weighted by atomic mass is 10.1. The number of hydrogen-bond donors (Lipinski definition) is 0. The van der Waals surface area contributed by atoms with Crippen molar-refractivity contribution in [2.24, 2.45) is 0 Å². The molecule has 0 saturated heterocycles. The van der Waals surface area contributed by atoms with Gasteiger partial charge in [0.05, 0.1) is 0 Å². The van der Waals surface area contributed by atoms with Gasteiger partial charge in [0.1, 0.15) is 18.0 Å². The summed E-state index contributed by atoms with van der Waals surface area (Å²) >= 11 is 0. The van der Waals surface area contributed by atoms with Crippen molar-refractivity contribution in [3.8, 4) is 0 Å². The highest BCUT2D eigenvalue weighted by atomic mass is 15.3. The molecule has 0 saturated carbocycles. The summed E-state index contributed by atoms with van der Waals surface area (Å²) < 4.78 is 0. The average molecular weight is 840 g/mol. The fourth-order valence-corrected chi connectivity index (χ4v) is 8.91. The SMILES string of the molecule is C1=CC(N2c3cccc(c3)N(c3ccccc3)c3cccc(c3)N(c3ccccc3)c3cccc(c3)N(c3ccccc3)c3cccc(c3)N(c3ccccc3)c3cc2ncn3)=CCC1. The van der Waals surface area contributed by atoms with E-state index in [1.165, 1.54) is 0 Å². The molecule has 7 heteroatoms. The summed E-state index contributed by atoms with van der Waals surface area (Å²) in [5.74, 6) is 1.50. The van der Waals surface area contributed by atoms with Gasteiger partial charge in [0.25, 0.3) is 0 Å². The van der Waals surface area contributed by atoms with Gasteiger partial charge in [-0.2, -0.15) is 0 Å². The molecule has 0 N–H and O–H groups in total. The molecule has 0 atom stereocenters. The van der Waals surface area contributed by atoms with E-state index in [1.54, 1.807) is 6.33 Å². The van der Waals surface area contributed by atoms with Crippen LogP contribution < -0.4 is 24.5 Å². The van der Waals surface area contributed by atoms with Gasteiger partial charge in [-0.1, -0.05) is 109 Å². The average Bonchev–Trinajstić information content (AvgIpc) is 3.37. The maximum atomic E-state index is 5.02. The van der Waals surface area contributed by atoms with Crippen LogP contribution in [0.25, 0.3) is 0 Å². The number of nitrogens with zero attached hydrogens (tertiary/aromatic N) is 7. The van der Waals surface area contributed by atoms with E-state index >= 15 is 0 Å². The van der Waals surface area contributed by atoms with Gasteiger partial charge in [-0.25, -0.2) is 9.97 Å². The van der Waals surface area contributed by atoms with Crippen LogP contribution in [0, 0.1) is 0 Å². The molecule has 8 aromatic carbocycles. The summed E-state index contributed by atoms with van der Waals surface area (Å²) in [5.41, 5.74) is 13.2. The molecule has 0 radical (unpaired) electrons. The molecule has 0 unspecified atom stereocenters. The highest BCUT2D eigenvalue weighted by molar-refractivity contribution is 5.88. The summed E-state index contributed by atoms with van der Waals surface area (Å²) in [6.45, 7) is 0. The topological polar surface area (TPSA) is 42.0 Å². The second-order valence-electron chi connectivity index (χ2n) is 15.9. The Bertz CT molecular complexity index is 2940. The second-order valence-corrected chi connectivity index (χ2v) is 15.9. The Morgan fingerprint density at radius 3 is 0.938 bits per heavy atom. The maximum absolute atomic E-state index is 5.02. The van der Waals surface area contributed by atoms with Gasteiger partial charge >= 0.3 is 0 Å². The molecule has 0 spiro atoms. The van der Waals surface area contributed by atoms with Crippen molar-refractivity contribution in [1.82, 2.24) is 9.97 Å².